The van der Waals surface area contributed by atoms with Crippen molar-refractivity contribution in [2.75, 3.05) is 4.90 Å². The van der Waals surface area contributed by atoms with Crippen LogP contribution in [-0.2, 0) is 0 Å². The van der Waals surface area contributed by atoms with Gasteiger partial charge in [0.15, 0.2) is 0 Å². The van der Waals surface area contributed by atoms with Gasteiger partial charge in [-0.05, 0) is 132 Å². The Kier molecular flexibility index (Phi) is 8.53. The van der Waals surface area contributed by atoms with Crippen molar-refractivity contribution >= 4 is 71.2 Å². The topological polar surface area (TPSA) is 8.17 Å². The third kappa shape index (κ3) is 6.04. The van der Waals surface area contributed by atoms with Crippen LogP contribution in [0.5, 0.6) is 0 Å². The van der Waals surface area contributed by atoms with Crippen LogP contribution in [0, 0.1) is 0 Å². The van der Waals surface area contributed by atoms with E-state index in [1.54, 1.807) is 0 Å². The molecule has 0 aliphatic carbocycles. The van der Waals surface area contributed by atoms with Crippen molar-refractivity contribution in [3.8, 4) is 39.1 Å². The second-order valence-electron chi connectivity index (χ2n) is 16.1. The predicted molar refractivity (Wildman–Crippen MR) is 264 cm³/mol. The van der Waals surface area contributed by atoms with Crippen LogP contribution in [0.1, 0.15) is 0 Å². The smallest absolute Gasteiger partial charge is 0.0541 e. The molecule has 0 N–H and O–H groups in total. The average molecular weight is 789 g/mol. The van der Waals surface area contributed by atoms with Gasteiger partial charge in [0, 0.05) is 33.5 Å². The molecule has 0 aliphatic heterocycles. The summed E-state index contributed by atoms with van der Waals surface area (Å²) in [6.45, 7) is 0. The van der Waals surface area contributed by atoms with Crippen LogP contribution in [-0.4, -0.2) is 4.57 Å². The Morgan fingerprint density at radius 1 is 0.258 bits per heavy atom. The number of benzene rings is 11. The van der Waals surface area contributed by atoms with E-state index in [1.165, 1.54) is 81.9 Å². The molecule has 2 heteroatoms. The molecule has 12 rings (SSSR count). The summed E-state index contributed by atoms with van der Waals surface area (Å²) >= 11 is 0. The van der Waals surface area contributed by atoms with Gasteiger partial charge in [-0.2, -0.15) is 0 Å². The lowest BCUT2D eigenvalue weighted by Gasteiger charge is -2.27. The summed E-state index contributed by atoms with van der Waals surface area (Å²) in [7, 11) is 0. The van der Waals surface area contributed by atoms with Gasteiger partial charge in [0.25, 0.3) is 0 Å². The van der Waals surface area contributed by atoms with Crippen LogP contribution in [0.4, 0.5) is 17.1 Å². The molecule has 0 saturated heterocycles. The summed E-state index contributed by atoms with van der Waals surface area (Å²) in [5.41, 5.74) is 14.0. The molecule has 0 atom stereocenters. The number of rotatable bonds is 7. The lowest BCUT2D eigenvalue weighted by Crippen LogP contribution is -2.10. The lowest BCUT2D eigenvalue weighted by molar-refractivity contribution is 1.18. The molecule has 1 heterocycles. The molecule has 0 spiro atoms. The van der Waals surface area contributed by atoms with E-state index in [-0.39, 0.29) is 0 Å². The molecule has 12 aromatic rings. The zero-order valence-corrected chi connectivity index (χ0v) is 34.0. The quantitative estimate of drug-likeness (QED) is 0.146. The van der Waals surface area contributed by atoms with E-state index in [4.69, 9.17) is 0 Å². The Labute approximate surface area is 360 Å². The van der Waals surface area contributed by atoms with E-state index in [2.05, 4.69) is 252 Å². The van der Waals surface area contributed by atoms with Crippen molar-refractivity contribution < 1.29 is 0 Å². The maximum Gasteiger partial charge on any atom is 0.0541 e. The first kappa shape index (κ1) is 35.7. The van der Waals surface area contributed by atoms with E-state index in [1.807, 2.05) is 0 Å². The molecule has 0 unspecified atom stereocenters. The number of hydrogen-bond donors (Lipinski definition) is 0. The van der Waals surface area contributed by atoms with Gasteiger partial charge < -0.3 is 9.47 Å². The molecule has 0 bridgehead atoms. The molecule has 290 valence electrons. The van der Waals surface area contributed by atoms with Gasteiger partial charge in [-0.1, -0.05) is 176 Å². The molecule has 1 aromatic heterocycles. The highest BCUT2D eigenvalue weighted by molar-refractivity contribution is 6.14. The van der Waals surface area contributed by atoms with Crippen molar-refractivity contribution in [2.24, 2.45) is 0 Å². The fourth-order valence-electron chi connectivity index (χ4n) is 9.67. The zero-order valence-electron chi connectivity index (χ0n) is 34.0. The van der Waals surface area contributed by atoms with Gasteiger partial charge in [-0.25, -0.2) is 0 Å². The largest absolute Gasteiger partial charge is 0.310 e. The Hall–Kier alpha value is -8.20. The van der Waals surface area contributed by atoms with E-state index in [9.17, 15) is 0 Å². The number of para-hydroxylation sites is 2. The van der Waals surface area contributed by atoms with Crippen LogP contribution in [0.25, 0.3) is 93.2 Å². The number of aromatic nitrogens is 1. The van der Waals surface area contributed by atoms with Gasteiger partial charge in [-0.3, -0.25) is 0 Å². The summed E-state index contributed by atoms with van der Waals surface area (Å²) in [5.74, 6) is 0. The standard InChI is InChI=1S/C60H40N2/c1-3-24-51-42(15-1)17-14-30-52(51)44-19-12-21-48(38-44)61(49-22-13-20-45(39-49)58-40-46-16-2-4-25-53(46)54-26-5-6-27-55(54)58)47-35-33-41(34-36-47)43-18-11-23-50(37-43)62-59-31-9-7-28-56(59)57-29-8-10-32-60(57)62/h1-40H. The van der Waals surface area contributed by atoms with Gasteiger partial charge in [-0.15, -0.1) is 0 Å². The van der Waals surface area contributed by atoms with Gasteiger partial charge in [0.1, 0.15) is 0 Å². The highest BCUT2D eigenvalue weighted by Crippen LogP contribution is 2.42. The molecule has 0 saturated carbocycles. The Bertz CT molecular complexity index is 3590. The van der Waals surface area contributed by atoms with Crippen LogP contribution < -0.4 is 4.90 Å². The van der Waals surface area contributed by atoms with Gasteiger partial charge >= 0.3 is 0 Å². The maximum atomic E-state index is 2.40. The van der Waals surface area contributed by atoms with E-state index < -0.39 is 0 Å². The molecular formula is C60H40N2. The Morgan fingerprint density at radius 2 is 0.774 bits per heavy atom. The first-order valence-corrected chi connectivity index (χ1v) is 21.3. The maximum absolute atomic E-state index is 2.40. The fraction of sp³-hybridized carbons (Fsp3) is 0. The van der Waals surface area contributed by atoms with Crippen molar-refractivity contribution in [1.82, 2.24) is 4.57 Å². The number of hydrogen-bond acceptors (Lipinski definition) is 1. The molecule has 11 aromatic carbocycles. The summed E-state index contributed by atoms with van der Waals surface area (Å²) in [5, 5.41) is 10.0. The minimum Gasteiger partial charge on any atom is -0.310 e. The summed E-state index contributed by atoms with van der Waals surface area (Å²) in [6, 6.07) is 88.5. The van der Waals surface area contributed by atoms with Crippen LogP contribution >= 0.6 is 0 Å². The van der Waals surface area contributed by atoms with Crippen molar-refractivity contribution in [3.63, 3.8) is 0 Å². The SMILES string of the molecule is c1cc(-c2cccc3ccccc23)cc(N(c2ccc(-c3cccc(-n4c5ccccc5c5ccccc54)c3)cc2)c2cccc(-c3cc4ccccc4c4ccccc34)c2)c1. The van der Waals surface area contributed by atoms with Crippen LogP contribution in [0.15, 0.2) is 243 Å². The van der Waals surface area contributed by atoms with Gasteiger partial charge in [0.2, 0.25) is 0 Å². The first-order chi connectivity index (χ1) is 30.7. The molecule has 0 radical (unpaired) electrons. The molecular weight excluding hydrogens is 749 g/mol. The van der Waals surface area contributed by atoms with Crippen molar-refractivity contribution in [3.05, 3.63) is 243 Å². The van der Waals surface area contributed by atoms with Crippen LogP contribution in [0.2, 0.25) is 0 Å². The summed E-state index contributed by atoms with van der Waals surface area (Å²) < 4.78 is 2.39. The fourth-order valence-corrected chi connectivity index (χ4v) is 9.67. The van der Waals surface area contributed by atoms with Crippen molar-refractivity contribution in [1.29, 1.82) is 0 Å². The van der Waals surface area contributed by atoms with E-state index >= 15 is 0 Å². The Balaban J connectivity index is 0.992. The minimum atomic E-state index is 1.09. The molecule has 0 fully saturated rings. The normalized spacial score (nSPS) is 11.5. The second-order valence-corrected chi connectivity index (χ2v) is 16.1. The predicted octanol–water partition coefficient (Wildman–Crippen LogP) is 16.7. The monoisotopic (exact) mass is 788 g/mol. The number of fused-ring (bicyclic) bond motifs is 7. The minimum absolute atomic E-state index is 1.09. The number of anilines is 3. The first-order valence-electron chi connectivity index (χ1n) is 21.3. The molecule has 62 heavy (non-hydrogen) atoms. The number of nitrogens with zero attached hydrogens (tertiary/aromatic N) is 2. The third-order valence-corrected chi connectivity index (χ3v) is 12.5. The molecule has 2 nitrogen and oxygen atoms in total. The Morgan fingerprint density at radius 3 is 1.48 bits per heavy atom. The molecule has 0 aliphatic rings. The highest BCUT2D eigenvalue weighted by Gasteiger charge is 2.18. The van der Waals surface area contributed by atoms with E-state index in [0.717, 1.165) is 28.3 Å². The third-order valence-electron chi connectivity index (χ3n) is 12.5. The summed E-state index contributed by atoms with van der Waals surface area (Å²) in [4.78, 5) is 2.40. The van der Waals surface area contributed by atoms with Crippen LogP contribution in [0.3, 0.4) is 0 Å². The second kappa shape index (κ2) is 14.8. The van der Waals surface area contributed by atoms with Gasteiger partial charge in [0.05, 0.1) is 11.0 Å². The average Bonchev–Trinajstić information content (AvgIpc) is 3.68. The molecule has 0 amide bonds. The summed E-state index contributed by atoms with van der Waals surface area (Å²) in [6.07, 6.45) is 0. The van der Waals surface area contributed by atoms with E-state index in [0.29, 0.717) is 0 Å². The highest BCUT2D eigenvalue weighted by atomic mass is 15.1. The zero-order chi connectivity index (χ0) is 41.0. The van der Waals surface area contributed by atoms with Crippen molar-refractivity contribution in [2.45, 2.75) is 0 Å². The lowest BCUT2D eigenvalue weighted by atomic mass is 9.93.